The molecule has 6 heteroatoms. The van der Waals surface area contributed by atoms with E-state index in [2.05, 4.69) is 18.8 Å². The van der Waals surface area contributed by atoms with Gasteiger partial charge in [0.1, 0.15) is 17.4 Å². The summed E-state index contributed by atoms with van der Waals surface area (Å²) < 4.78 is 5.77. The molecule has 2 aromatic carbocycles. The predicted octanol–water partition coefficient (Wildman–Crippen LogP) is 6.12. The molecule has 0 N–H and O–H groups in total. The molecule has 3 rings (SSSR count). The van der Waals surface area contributed by atoms with Gasteiger partial charge in [-0.2, -0.15) is 0 Å². The van der Waals surface area contributed by atoms with Crippen molar-refractivity contribution in [1.82, 2.24) is 9.88 Å². The lowest BCUT2D eigenvalue weighted by molar-refractivity contribution is 0.0669. The second kappa shape index (κ2) is 9.90. The molecule has 0 bridgehead atoms. The summed E-state index contributed by atoms with van der Waals surface area (Å²) in [6.45, 7) is 7.06. The highest BCUT2D eigenvalue weighted by Gasteiger charge is 2.22. The Kier molecular flexibility index (Phi) is 7.29. The van der Waals surface area contributed by atoms with Crippen LogP contribution in [0.5, 0.6) is 5.75 Å². The topological polar surface area (TPSA) is 42.4 Å². The summed E-state index contributed by atoms with van der Waals surface area (Å²) in [7, 11) is 0. The molecule has 0 aliphatic heterocycles. The van der Waals surface area contributed by atoms with E-state index in [1.165, 1.54) is 0 Å². The molecule has 4 nitrogen and oxygen atoms in total. The monoisotopic (exact) mass is 428 g/mol. The van der Waals surface area contributed by atoms with Crippen LogP contribution in [0.25, 0.3) is 0 Å². The molecule has 0 radical (unpaired) electrons. The molecule has 0 unspecified atom stereocenters. The number of carbonyl (C=O) groups excluding carboxylic acids is 1. The van der Waals surface area contributed by atoms with E-state index >= 15 is 0 Å². The van der Waals surface area contributed by atoms with Crippen molar-refractivity contribution in [3.63, 3.8) is 0 Å². The van der Waals surface area contributed by atoms with Gasteiger partial charge in [0.2, 0.25) is 0 Å². The minimum Gasteiger partial charge on any atom is -0.486 e. The van der Waals surface area contributed by atoms with Gasteiger partial charge in [-0.25, -0.2) is 4.98 Å². The summed E-state index contributed by atoms with van der Waals surface area (Å²) in [5, 5.41) is 3.55. The first-order valence-corrected chi connectivity index (χ1v) is 10.9. The van der Waals surface area contributed by atoms with Crippen LogP contribution in [0.1, 0.15) is 46.9 Å². The van der Waals surface area contributed by atoms with Gasteiger partial charge in [-0.05, 0) is 56.7 Å². The zero-order valence-electron chi connectivity index (χ0n) is 16.9. The second-order valence-corrected chi connectivity index (χ2v) is 8.41. The van der Waals surface area contributed by atoms with Crippen LogP contribution in [0, 0.1) is 6.92 Å². The Morgan fingerprint density at radius 2 is 1.86 bits per heavy atom. The first-order valence-electron chi connectivity index (χ1n) is 9.65. The van der Waals surface area contributed by atoms with Gasteiger partial charge in [0, 0.05) is 22.0 Å². The fourth-order valence-electron chi connectivity index (χ4n) is 2.85. The number of hydrogen-bond donors (Lipinski definition) is 0. The Labute approximate surface area is 181 Å². The Morgan fingerprint density at radius 1 is 1.17 bits per heavy atom. The number of aryl methyl sites for hydroxylation is 1. The van der Waals surface area contributed by atoms with Crippen molar-refractivity contribution in [1.29, 1.82) is 0 Å². The number of thiazole rings is 1. The van der Waals surface area contributed by atoms with E-state index in [1.54, 1.807) is 23.5 Å². The third-order valence-corrected chi connectivity index (χ3v) is 5.91. The van der Waals surface area contributed by atoms with Crippen molar-refractivity contribution in [3.8, 4) is 5.75 Å². The third kappa shape index (κ3) is 5.81. The number of benzene rings is 2. The van der Waals surface area contributed by atoms with Crippen LogP contribution in [0.15, 0.2) is 53.9 Å². The van der Waals surface area contributed by atoms with Crippen molar-refractivity contribution in [3.05, 3.63) is 80.8 Å². The van der Waals surface area contributed by atoms with Gasteiger partial charge < -0.3 is 9.64 Å². The normalized spacial score (nSPS) is 11.9. The van der Waals surface area contributed by atoms with Gasteiger partial charge in [-0.3, -0.25) is 4.79 Å². The van der Waals surface area contributed by atoms with Gasteiger partial charge in [0.25, 0.3) is 5.91 Å². The summed E-state index contributed by atoms with van der Waals surface area (Å²) in [4.78, 5) is 19.6. The van der Waals surface area contributed by atoms with E-state index in [1.807, 2.05) is 53.6 Å². The van der Waals surface area contributed by atoms with E-state index in [0.717, 1.165) is 28.4 Å². The highest BCUT2D eigenvalue weighted by molar-refractivity contribution is 7.09. The number of amides is 1. The van der Waals surface area contributed by atoms with Crippen LogP contribution < -0.4 is 4.74 Å². The van der Waals surface area contributed by atoms with Gasteiger partial charge in [-0.1, -0.05) is 36.2 Å². The van der Waals surface area contributed by atoms with Crippen LogP contribution in [0.4, 0.5) is 0 Å². The highest BCUT2D eigenvalue weighted by atomic mass is 35.5. The number of ether oxygens (including phenoxy) is 1. The summed E-state index contributed by atoms with van der Waals surface area (Å²) in [5.41, 5.74) is 2.73. The summed E-state index contributed by atoms with van der Waals surface area (Å²) >= 11 is 7.44. The lowest BCUT2D eigenvalue weighted by Crippen LogP contribution is -2.37. The van der Waals surface area contributed by atoms with Gasteiger partial charge >= 0.3 is 0 Å². The Balaban J connectivity index is 1.67. The fraction of sp³-hybridized carbons (Fsp3) is 0.304. The predicted molar refractivity (Wildman–Crippen MR) is 119 cm³/mol. The molecule has 0 spiro atoms. The van der Waals surface area contributed by atoms with E-state index in [4.69, 9.17) is 16.3 Å². The second-order valence-electron chi connectivity index (χ2n) is 7.03. The van der Waals surface area contributed by atoms with Crippen molar-refractivity contribution in [2.45, 2.75) is 46.4 Å². The molecule has 0 aliphatic carbocycles. The lowest BCUT2D eigenvalue weighted by atomic mass is 10.1. The quantitative estimate of drug-likeness (QED) is 0.433. The molecule has 0 fully saturated rings. The first kappa shape index (κ1) is 21.3. The van der Waals surface area contributed by atoms with Gasteiger partial charge in [-0.15, -0.1) is 11.3 Å². The average molecular weight is 429 g/mol. The lowest BCUT2D eigenvalue weighted by Gasteiger charge is -2.28. The molecule has 0 saturated heterocycles. The zero-order valence-corrected chi connectivity index (χ0v) is 18.5. The molecule has 1 heterocycles. The van der Waals surface area contributed by atoms with Crippen molar-refractivity contribution < 1.29 is 9.53 Å². The maximum absolute atomic E-state index is 13.1. The van der Waals surface area contributed by atoms with Gasteiger partial charge in [0.15, 0.2) is 0 Å². The number of halogens is 1. The number of hydrogen-bond acceptors (Lipinski definition) is 4. The van der Waals surface area contributed by atoms with Crippen molar-refractivity contribution in [2.75, 3.05) is 0 Å². The van der Waals surface area contributed by atoms with E-state index in [0.29, 0.717) is 23.7 Å². The van der Waals surface area contributed by atoms with Crippen LogP contribution in [0.3, 0.4) is 0 Å². The van der Waals surface area contributed by atoms with Gasteiger partial charge in [0.05, 0.1) is 12.2 Å². The number of aromatic nitrogens is 1. The Morgan fingerprint density at radius 3 is 2.52 bits per heavy atom. The summed E-state index contributed by atoms with van der Waals surface area (Å²) in [5.74, 6) is 0.785. The first-order chi connectivity index (χ1) is 14.0. The van der Waals surface area contributed by atoms with E-state index in [9.17, 15) is 4.79 Å². The van der Waals surface area contributed by atoms with Crippen LogP contribution in [-0.4, -0.2) is 21.8 Å². The number of nitrogens with zero attached hydrogens (tertiary/aromatic N) is 2. The molecule has 1 amide bonds. The minimum atomic E-state index is 0.0336. The van der Waals surface area contributed by atoms with Crippen LogP contribution in [-0.2, 0) is 13.2 Å². The standard InChI is InChI=1S/C23H25ClN2O2S/c1-4-17(3)26(23(27)18-7-5-16(2)6-8-18)13-20-15-29-22(25-20)14-28-21-11-9-19(24)10-12-21/h5-12,15,17H,4,13-14H2,1-3H3/t17-/m1/s1. The fourth-order valence-corrected chi connectivity index (χ4v) is 3.67. The van der Waals surface area contributed by atoms with E-state index in [-0.39, 0.29) is 11.9 Å². The molecule has 1 aromatic heterocycles. The molecular formula is C23H25ClN2O2S. The molecule has 29 heavy (non-hydrogen) atoms. The molecular weight excluding hydrogens is 404 g/mol. The largest absolute Gasteiger partial charge is 0.486 e. The Bertz CT molecular complexity index is 938. The maximum atomic E-state index is 13.1. The smallest absolute Gasteiger partial charge is 0.254 e. The molecule has 3 aromatic rings. The molecule has 152 valence electrons. The van der Waals surface area contributed by atoms with Crippen molar-refractivity contribution >= 4 is 28.8 Å². The molecule has 0 saturated carbocycles. The van der Waals surface area contributed by atoms with E-state index < -0.39 is 0 Å². The van der Waals surface area contributed by atoms with Crippen LogP contribution >= 0.6 is 22.9 Å². The maximum Gasteiger partial charge on any atom is 0.254 e. The minimum absolute atomic E-state index is 0.0336. The Hall–Kier alpha value is -2.37. The average Bonchev–Trinajstić information content (AvgIpc) is 3.18. The third-order valence-electron chi connectivity index (χ3n) is 4.79. The number of rotatable bonds is 8. The summed E-state index contributed by atoms with van der Waals surface area (Å²) in [6, 6.07) is 15.1. The SMILES string of the molecule is CC[C@@H](C)N(Cc1csc(COc2ccc(Cl)cc2)n1)C(=O)c1ccc(C)cc1. The number of carbonyl (C=O) groups is 1. The molecule has 1 atom stereocenters. The van der Waals surface area contributed by atoms with Crippen LogP contribution in [0.2, 0.25) is 5.02 Å². The summed E-state index contributed by atoms with van der Waals surface area (Å²) in [6.07, 6.45) is 0.883. The zero-order chi connectivity index (χ0) is 20.8. The molecule has 0 aliphatic rings. The highest BCUT2D eigenvalue weighted by Crippen LogP contribution is 2.20. The van der Waals surface area contributed by atoms with Crippen molar-refractivity contribution in [2.24, 2.45) is 0 Å².